The molecular weight excluding hydrogens is 373 g/mol. The van der Waals surface area contributed by atoms with Crippen LogP contribution in [0.15, 0.2) is 30.6 Å². The summed E-state index contributed by atoms with van der Waals surface area (Å²) in [6.07, 6.45) is 3.21. The predicted molar refractivity (Wildman–Crippen MR) is 101 cm³/mol. The summed E-state index contributed by atoms with van der Waals surface area (Å²) < 4.78 is 5.37. The van der Waals surface area contributed by atoms with Crippen molar-refractivity contribution < 1.29 is 9.53 Å². The lowest BCUT2D eigenvalue weighted by molar-refractivity contribution is -0.146. The minimum absolute atomic E-state index is 0.0375. The number of nitrogens with zero attached hydrogens (tertiary/aromatic N) is 2. The van der Waals surface area contributed by atoms with Gasteiger partial charge < -0.3 is 14.6 Å². The Morgan fingerprint density at radius 2 is 2.04 bits per heavy atom. The molecule has 1 unspecified atom stereocenters. The van der Waals surface area contributed by atoms with Gasteiger partial charge in [-0.05, 0) is 38.0 Å². The summed E-state index contributed by atoms with van der Waals surface area (Å²) in [7, 11) is 0. The van der Waals surface area contributed by atoms with E-state index in [4.69, 9.17) is 27.9 Å². The number of alkyl halides is 2. The summed E-state index contributed by atoms with van der Waals surface area (Å²) in [5.74, 6) is 0.790. The first-order chi connectivity index (χ1) is 12.3. The second-order valence-electron chi connectivity index (χ2n) is 7.50. The number of aromatic nitrogens is 2. The van der Waals surface area contributed by atoms with Gasteiger partial charge in [0.15, 0.2) is 5.60 Å². The SMILES string of the molecule is CC(C)(Oc1ccc(C2CC2(Cl)Cl)cc1)C(=O)N1CCc2nc[nH]c2C1. The van der Waals surface area contributed by atoms with Crippen molar-refractivity contribution in [3.05, 3.63) is 47.5 Å². The van der Waals surface area contributed by atoms with E-state index in [-0.39, 0.29) is 11.8 Å². The van der Waals surface area contributed by atoms with Crippen LogP contribution in [0.25, 0.3) is 0 Å². The van der Waals surface area contributed by atoms with Gasteiger partial charge in [0, 0.05) is 18.9 Å². The Bertz CT molecular complexity index is 830. The number of nitrogens with one attached hydrogen (secondary N) is 1. The number of fused-ring (bicyclic) bond motifs is 1. The predicted octanol–water partition coefficient (Wildman–Crippen LogP) is 3.81. The molecule has 138 valence electrons. The van der Waals surface area contributed by atoms with Gasteiger partial charge in [-0.2, -0.15) is 0 Å². The Balaban J connectivity index is 1.42. The van der Waals surface area contributed by atoms with Crippen LogP contribution in [0.5, 0.6) is 5.75 Å². The van der Waals surface area contributed by atoms with Gasteiger partial charge in [0.2, 0.25) is 0 Å². The number of benzene rings is 1. The van der Waals surface area contributed by atoms with Gasteiger partial charge in [-0.3, -0.25) is 4.79 Å². The lowest BCUT2D eigenvalue weighted by Crippen LogP contribution is -2.50. The quantitative estimate of drug-likeness (QED) is 0.803. The fourth-order valence-electron chi connectivity index (χ4n) is 3.45. The molecule has 2 aromatic rings. The van der Waals surface area contributed by atoms with E-state index in [0.29, 0.717) is 18.8 Å². The van der Waals surface area contributed by atoms with Crippen molar-refractivity contribution in [3.63, 3.8) is 0 Å². The molecule has 1 aliphatic heterocycles. The number of hydrogen-bond acceptors (Lipinski definition) is 3. The van der Waals surface area contributed by atoms with E-state index in [0.717, 1.165) is 29.8 Å². The van der Waals surface area contributed by atoms with E-state index >= 15 is 0 Å². The molecule has 1 fully saturated rings. The highest BCUT2D eigenvalue weighted by Crippen LogP contribution is 2.59. The van der Waals surface area contributed by atoms with Crippen LogP contribution in [0.1, 0.15) is 43.1 Å². The van der Waals surface area contributed by atoms with E-state index in [1.54, 1.807) is 20.2 Å². The largest absolute Gasteiger partial charge is 0.478 e. The molecule has 2 aliphatic rings. The molecule has 2 heterocycles. The first-order valence-electron chi connectivity index (χ1n) is 8.73. The summed E-state index contributed by atoms with van der Waals surface area (Å²) in [5.41, 5.74) is 2.17. The number of carbonyl (C=O) groups is 1. The third-order valence-electron chi connectivity index (χ3n) is 5.06. The van der Waals surface area contributed by atoms with Crippen molar-refractivity contribution in [2.24, 2.45) is 0 Å². The third kappa shape index (κ3) is 3.30. The van der Waals surface area contributed by atoms with Gasteiger partial charge in [-0.1, -0.05) is 12.1 Å². The number of halogens is 2. The molecule has 5 nitrogen and oxygen atoms in total. The molecule has 1 atom stereocenters. The van der Waals surface area contributed by atoms with Crippen molar-refractivity contribution in [3.8, 4) is 5.75 Å². The zero-order valence-electron chi connectivity index (χ0n) is 14.8. The molecule has 1 amide bonds. The number of aromatic amines is 1. The fourth-order valence-corrected chi connectivity index (χ4v) is 4.01. The van der Waals surface area contributed by atoms with Crippen LogP contribution < -0.4 is 4.74 Å². The maximum absolute atomic E-state index is 13.0. The first-order valence-corrected chi connectivity index (χ1v) is 9.49. The van der Waals surface area contributed by atoms with Gasteiger partial charge in [0.05, 0.1) is 24.3 Å². The summed E-state index contributed by atoms with van der Waals surface area (Å²) in [6.45, 7) is 4.79. The van der Waals surface area contributed by atoms with Crippen LogP contribution >= 0.6 is 23.2 Å². The van der Waals surface area contributed by atoms with Crippen molar-refractivity contribution in [2.75, 3.05) is 6.54 Å². The number of carbonyl (C=O) groups excluding carboxylic acids is 1. The smallest absolute Gasteiger partial charge is 0.266 e. The van der Waals surface area contributed by atoms with Crippen molar-refractivity contribution >= 4 is 29.1 Å². The zero-order valence-corrected chi connectivity index (χ0v) is 16.3. The van der Waals surface area contributed by atoms with E-state index in [1.165, 1.54) is 0 Å². The average molecular weight is 394 g/mol. The molecule has 0 radical (unpaired) electrons. The standard InChI is InChI=1S/C19H21Cl2N3O2/c1-18(2,17(25)24-8-7-15-16(10-24)23-11-22-15)26-13-5-3-12(4-6-13)14-9-19(14,20)21/h3-6,11,14H,7-10H2,1-2H3,(H,22,23). The van der Waals surface area contributed by atoms with Crippen LogP contribution in [0.4, 0.5) is 0 Å². The number of imidazole rings is 1. The van der Waals surface area contributed by atoms with Crippen LogP contribution in [0.3, 0.4) is 0 Å². The lowest BCUT2D eigenvalue weighted by atomic mass is 10.0. The zero-order chi connectivity index (χ0) is 18.5. The van der Waals surface area contributed by atoms with Gasteiger partial charge in [-0.15, -0.1) is 23.2 Å². The van der Waals surface area contributed by atoms with Crippen LogP contribution in [0, 0.1) is 0 Å². The molecule has 1 N–H and O–H groups in total. The summed E-state index contributed by atoms with van der Waals surface area (Å²) in [4.78, 5) is 22.2. The average Bonchev–Trinajstić information content (AvgIpc) is 3.03. The number of rotatable bonds is 4. The molecule has 7 heteroatoms. The van der Waals surface area contributed by atoms with E-state index < -0.39 is 9.93 Å². The minimum Gasteiger partial charge on any atom is -0.478 e. The highest BCUT2D eigenvalue weighted by atomic mass is 35.5. The van der Waals surface area contributed by atoms with Crippen LogP contribution in [-0.4, -0.2) is 37.3 Å². The Morgan fingerprint density at radius 1 is 1.35 bits per heavy atom. The van der Waals surface area contributed by atoms with Gasteiger partial charge in [0.25, 0.3) is 5.91 Å². The number of amides is 1. The van der Waals surface area contributed by atoms with Crippen molar-refractivity contribution in [1.29, 1.82) is 0 Å². The highest BCUT2D eigenvalue weighted by Gasteiger charge is 2.52. The Kier molecular flexibility index (Phi) is 4.20. The molecule has 1 aliphatic carbocycles. The van der Waals surface area contributed by atoms with Crippen molar-refractivity contribution in [1.82, 2.24) is 14.9 Å². The minimum atomic E-state index is -0.957. The monoisotopic (exact) mass is 393 g/mol. The highest BCUT2D eigenvalue weighted by molar-refractivity contribution is 6.51. The van der Waals surface area contributed by atoms with E-state index in [2.05, 4.69) is 9.97 Å². The van der Waals surface area contributed by atoms with Gasteiger partial charge in [-0.25, -0.2) is 4.98 Å². The summed E-state index contributed by atoms with van der Waals surface area (Å²) in [5, 5.41) is 0. The molecule has 0 bridgehead atoms. The number of H-pyrrole nitrogens is 1. The second-order valence-corrected chi connectivity index (χ2v) is 9.05. The lowest BCUT2D eigenvalue weighted by Gasteiger charge is -2.34. The Morgan fingerprint density at radius 3 is 2.69 bits per heavy atom. The van der Waals surface area contributed by atoms with Gasteiger partial charge in [0.1, 0.15) is 10.1 Å². The molecule has 1 aromatic heterocycles. The Labute approximate surface area is 162 Å². The first kappa shape index (κ1) is 17.7. The molecule has 26 heavy (non-hydrogen) atoms. The van der Waals surface area contributed by atoms with Crippen molar-refractivity contribution in [2.45, 2.75) is 49.1 Å². The molecule has 1 saturated carbocycles. The number of ether oxygens (including phenoxy) is 1. The molecule has 0 spiro atoms. The molecular formula is C19H21Cl2N3O2. The second kappa shape index (κ2) is 6.17. The normalized spacial score (nSPS) is 21.2. The van der Waals surface area contributed by atoms with Crippen LogP contribution in [0.2, 0.25) is 0 Å². The fraction of sp³-hybridized carbons (Fsp3) is 0.474. The molecule has 0 saturated heterocycles. The topological polar surface area (TPSA) is 58.2 Å². The molecule has 1 aromatic carbocycles. The maximum atomic E-state index is 13.0. The van der Waals surface area contributed by atoms with E-state index in [9.17, 15) is 4.79 Å². The van der Waals surface area contributed by atoms with Gasteiger partial charge >= 0.3 is 0 Å². The number of hydrogen-bond donors (Lipinski definition) is 1. The maximum Gasteiger partial charge on any atom is 0.266 e. The van der Waals surface area contributed by atoms with Crippen LogP contribution in [-0.2, 0) is 17.8 Å². The molecule has 4 rings (SSSR count). The summed E-state index contributed by atoms with van der Waals surface area (Å²) >= 11 is 12.2. The third-order valence-corrected chi connectivity index (χ3v) is 5.89. The Hall–Kier alpha value is -1.72. The summed E-state index contributed by atoms with van der Waals surface area (Å²) in [6, 6.07) is 7.67. The van der Waals surface area contributed by atoms with E-state index in [1.807, 2.05) is 29.2 Å².